The number of hydrogen-bond acceptors (Lipinski definition) is 4. The second-order valence-corrected chi connectivity index (χ2v) is 12.9. The third kappa shape index (κ3) is 3.93. The molecule has 0 unspecified atom stereocenters. The van der Waals surface area contributed by atoms with Crippen LogP contribution in [0.3, 0.4) is 0 Å². The first-order valence-corrected chi connectivity index (χ1v) is 16.8. The van der Waals surface area contributed by atoms with Crippen molar-refractivity contribution in [3.8, 4) is 11.1 Å². The molecule has 4 nitrogen and oxygen atoms in total. The van der Waals surface area contributed by atoms with Gasteiger partial charge in [0.15, 0.2) is 0 Å². The maximum Gasteiger partial charge on any atom is 0.149 e. The fourth-order valence-corrected chi connectivity index (χ4v) is 7.80. The Morgan fingerprint density at radius 1 is 0.360 bits per heavy atom. The summed E-state index contributed by atoms with van der Waals surface area (Å²) in [6.07, 6.45) is 0. The zero-order valence-corrected chi connectivity index (χ0v) is 26.8. The summed E-state index contributed by atoms with van der Waals surface area (Å²) in [4.78, 5) is 2.30. The van der Waals surface area contributed by atoms with Crippen molar-refractivity contribution in [1.29, 1.82) is 0 Å². The molecule has 0 fully saturated rings. The Labute approximate surface area is 286 Å². The van der Waals surface area contributed by atoms with E-state index in [0.717, 1.165) is 88.4 Å². The Kier molecular flexibility index (Phi) is 5.63. The van der Waals surface area contributed by atoms with Gasteiger partial charge in [-0.2, -0.15) is 0 Å². The van der Waals surface area contributed by atoms with Gasteiger partial charge in [0, 0.05) is 45.1 Å². The Morgan fingerprint density at radius 3 is 1.74 bits per heavy atom. The minimum absolute atomic E-state index is 0.773. The molecule has 234 valence electrons. The Balaban J connectivity index is 1.20. The minimum Gasteiger partial charge on any atom is -0.456 e. The van der Waals surface area contributed by atoms with Gasteiger partial charge >= 0.3 is 0 Å². The summed E-state index contributed by atoms with van der Waals surface area (Å²) in [6, 6.07) is 57.2. The molecule has 3 aromatic heterocycles. The van der Waals surface area contributed by atoms with Gasteiger partial charge in [0.2, 0.25) is 0 Å². The Morgan fingerprint density at radius 2 is 0.940 bits per heavy atom. The summed E-state index contributed by atoms with van der Waals surface area (Å²) in [5.74, 6) is 0. The lowest BCUT2D eigenvalue weighted by Crippen LogP contribution is -2.10. The first kappa shape index (κ1) is 27.2. The monoisotopic (exact) mass is 641 g/mol. The number of para-hydroxylation sites is 3. The molecule has 0 bridgehead atoms. The SMILES string of the molecule is c1ccc2c(-c3ccc(N(c4ccc5c(c4)oc4ccccc45)c4cc5oc6ccccc6c5c5oc6ccccc6c45)cc3)cccc2c1. The molecule has 0 spiro atoms. The van der Waals surface area contributed by atoms with E-state index in [4.69, 9.17) is 13.3 Å². The topological polar surface area (TPSA) is 42.7 Å². The quantitative estimate of drug-likeness (QED) is 0.192. The van der Waals surface area contributed by atoms with Crippen molar-refractivity contribution >= 4 is 93.7 Å². The van der Waals surface area contributed by atoms with Crippen molar-refractivity contribution in [3.05, 3.63) is 164 Å². The highest BCUT2D eigenvalue weighted by atomic mass is 16.3. The highest BCUT2D eigenvalue weighted by molar-refractivity contribution is 6.26. The molecule has 11 aromatic rings. The number of anilines is 3. The van der Waals surface area contributed by atoms with E-state index < -0.39 is 0 Å². The van der Waals surface area contributed by atoms with Crippen LogP contribution in [0.15, 0.2) is 177 Å². The summed E-state index contributed by atoms with van der Waals surface area (Å²) in [5.41, 5.74) is 10.3. The molecule has 8 aromatic carbocycles. The second-order valence-electron chi connectivity index (χ2n) is 12.9. The van der Waals surface area contributed by atoms with Crippen LogP contribution in [0.25, 0.3) is 87.7 Å². The van der Waals surface area contributed by atoms with Crippen LogP contribution in [0.2, 0.25) is 0 Å². The Bertz CT molecular complexity index is 3100. The molecule has 0 atom stereocenters. The van der Waals surface area contributed by atoms with Gasteiger partial charge in [0.1, 0.15) is 33.5 Å². The van der Waals surface area contributed by atoms with Crippen LogP contribution >= 0.6 is 0 Å². The normalized spacial score (nSPS) is 12.0. The van der Waals surface area contributed by atoms with Crippen molar-refractivity contribution < 1.29 is 13.3 Å². The average molecular weight is 642 g/mol. The van der Waals surface area contributed by atoms with Crippen LogP contribution in [0, 0.1) is 0 Å². The molecule has 3 heterocycles. The van der Waals surface area contributed by atoms with E-state index in [1.165, 1.54) is 16.3 Å². The smallest absolute Gasteiger partial charge is 0.149 e. The summed E-state index contributed by atoms with van der Waals surface area (Å²) >= 11 is 0. The van der Waals surface area contributed by atoms with Crippen LogP contribution in [-0.4, -0.2) is 0 Å². The van der Waals surface area contributed by atoms with E-state index in [9.17, 15) is 0 Å². The van der Waals surface area contributed by atoms with Crippen molar-refractivity contribution in [1.82, 2.24) is 0 Å². The molecular weight excluding hydrogens is 615 g/mol. The highest BCUT2D eigenvalue weighted by Gasteiger charge is 2.25. The van der Waals surface area contributed by atoms with Gasteiger partial charge in [0.05, 0.1) is 16.5 Å². The highest BCUT2D eigenvalue weighted by Crippen LogP contribution is 2.49. The fourth-order valence-electron chi connectivity index (χ4n) is 7.80. The summed E-state index contributed by atoms with van der Waals surface area (Å²) in [5, 5.41) is 8.74. The average Bonchev–Trinajstić information content (AvgIpc) is 3.86. The van der Waals surface area contributed by atoms with Gasteiger partial charge in [-0.25, -0.2) is 0 Å². The van der Waals surface area contributed by atoms with Gasteiger partial charge in [0.25, 0.3) is 0 Å². The molecule has 50 heavy (non-hydrogen) atoms. The molecule has 0 saturated carbocycles. The molecule has 0 radical (unpaired) electrons. The van der Waals surface area contributed by atoms with Crippen LogP contribution in [0.4, 0.5) is 17.1 Å². The van der Waals surface area contributed by atoms with Crippen LogP contribution in [-0.2, 0) is 0 Å². The lowest BCUT2D eigenvalue weighted by molar-refractivity contribution is 0.663. The fraction of sp³-hybridized carbons (Fsp3) is 0. The predicted octanol–water partition coefficient (Wildman–Crippen LogP) is 13.7. The van der Waals surface area contributed by atoms with Gasteiger partial charge in [-0.15, -0.1) is 0 Å². The van der Waals surface area contributed by atoms with Crippen LogP contribution in [0.1, 0.15) is 0 Å². The van der Waals surface area contributed by atoms with Crippen LogP contribution in [0.5, 0.6) is 0 Å². The first-order chi connectivity index (χ1) is 24.8. The molecule has 0 N–H and O–H groups in total. The van der Waals surface area contributed by atoms with E-state index in [2.05, 4.69) is 126 Å². The predicted molar refractivity (Wildman–Crippen MR) is 206 cm³/mol. The molecule has 0 saturated heterocycles. The largest absolute Gasteiger partial charge is 0.456 e. The van der Waals surface area contributed by atoms with Gasteiger partial charge in [-0.05, 0) is 64.4 Å². The maximum atomic E-state index is 6.72. The third-order valence-corrected chi connectivity index (χ3v) is 10.1. The van der Waals surface area contributed by atoms with Crippen molar-refractivity contribution in [2.75, 3.05) is 4.90 Å². The molecule has 11 rings (SSSR count). The lowest BCUT2D eigenvalue weighted by atomic mass is 9.98. The minimum atomic E-state index is 0.773. The van der Waals surface area contributed by atoms with E-state index in [1.54, 1.807) is 0 Å². The third-order valence-electron chi connectivity index (χ3n) is 10.1. The number of benzene rings is 8. The Hall–Kier alpha value is -6.78. The van der Waals surface area contributed by atoms with Crippen molar-refractivity contribution in [2.24, 2.45) is 0 Å². The molecular formula is C46H27NO3. The van der Waals surface area contributed by atoms with Crippen molar-refractivity contribution in [3.63, 3.8) is 0 Å². The van der Waals surface area contributed by atoms with E-state index in [-0.39, 0.29) is 0 Å². The lowest BCUT2D eigenvalue weighted by Gasteiger charge is -2.26. The molecule has 0 aliphatic heterocycles. The summed E-state index contributed by atoms with van der Waals surface area (Å²) in [6.45, 7) is 0. The van der Waals surface area contributed by atoms with Gasteiger partial charge in [-0.3, -0.25) is 0 Å². The number of rotatable bonds is 4. The summed E-state index contributed by atoms with van der Waals surface area (Å²) in [7, 11) is 0. The van der Waals surface area contributed by atoms with Gasteiger partial charge < -0.3 is 18.2 Å². The molecule has 4 heteroatoms. The summed E-state index contributed by atoms with van der Waals surface area (Å²) < 4.78 is 19.7. The van der Waals surface area contributed by atoms with Crippen LogP contribution < -0.4 is 4.90 Å². The zero-order valence-electron chi connectivity index (χ0n) is 26.8. The van der Waals surface area contributed by atoms with E-state index in [0.29, 0.717) is 0 Å². The number of nitrogens with zero attached hydrogens (tertiary/aromatic N) is 1. The molecule has 0 amide bonds. The van der Waals surface area contributed by atoms with E-state index in [1.807, 2.05) is 42.5 Å². The second kappa shape index (κ2) is 10.4. The standard InChI is InChI=1S/C46H27NO3/c1-2-12-32-28(10-1)11-9-16-33(32)29-20-22-30(23-21-29)47(31-24-25-35-34-13-3-6-17-39(34)48-42(35)26-31)38-27-43-45(37-15-5-7-18-40(37)49-43)46-44(38)36-14-4-8-19-41(36)50-46/h1-27H. The molecule has 0 aliphatic rings. The maximum absolute atomic E-state index is 6.72. The first-order valence-electron chi connectivity index (χ1n) is 16.8. The van der Waals surface area contributed by atoms with E-state index >= 15 is 0 Å². The zero-order chi connectivity index (χ0) is 32.8. The number of fused-ring (bicyclic) bond motifs is 11. The molecule has 0 aliphatic carbocycles. The van der Waals surface area contributed by atoms with Crippen molar-refractivity contribution in [2.45, 2.75) is 0 Å². The number of furan rings is 3. The number of hydrogen-bond donors (Lipinski definition) is 0. The van der Waals surface area contributed by atoms with Gasteiger partial charge in [-0.1, -0.05) is 109 Å².